The molecule has 218 valence electrons. The van der Waals surface area contributed by atoms with Crippen molar-refractivity contribution in [1.82, 2.24) is 19.1 Å². The lowest BCUT2D eigenvalue weighted by Gasteiger charge is -2.44. The topological polar surface area (TPSA) is 90.9 Å². The molecule has 2 saturated heterocycles. The van der Waals surface area contributed by atoms with Gasteiger partial charge >= 0.3 is 6.18 Å². The number of carbonyl (C=O) groups is 2. The molecule has 0 saturated carbocycles. The summed E-state index contributed by atoms with van der Waals surface area (Å²) in [6, 6.07) is 6.56. The minimum atomic E-state index is -4.57. The van der Waals surface area contributed by atoms with Crippen molar-refractivity contribution in [3.63, 3.8) is 0 Å². The van der Waals surface area contributed by atoms with Crippen LogP contribution in [0.1, 0.15) is 46.8 Å². The molecule has 0 aliphatic carbocycles. The van der Waals surface area contributed by atoms with E-state index in [0.717, 1.165) is 24.0 Å². The van der Waals surface area contributed by atoms with E-state index in [1.165, 1.54) is 9.21 Å². The van der Waals surface area contributed by atoms with Crippen molar-refractivity contribution in [2.75, 3.05) is 39.5 Å². The Hall–Kier alpha value is -2.41. The van der Waals surface area contributed by atoms with Crippen molar-refractivity contribution in [3.05, 3.63) is 63.4 Å². The number of piperidine rings is 2. The third-order valence-corrected chi connectivity index (χ3v) is 9.70. The molecule has 0 radical (unpaired) electrons. The zero-order chi connectivity index (χ0) is 29.4. The maximum absolute atomic E-state index is 13.5. The Kier molecular flexibility index (Phi) is 9.03. The second-order valence-corrected chi connectivity index (χ2v) is 13.0. The molecule has 40 heavy (non-hydrogen) atoms. The van der Waals surface area contributed by atoms with Crippen molar-refractivity contribution in [2.45, 2.75) is 37.4 Å². The summed E-state index contributed by atoms with van der Waals surface area (Å²) in [4.78, 5) is 33.7. The largest absolute Gasteiger partial charge is 0.417 e. The fourth-order valence-electron chi connectivity index (χ4n) is 5.39. The van der Waals surface area contributed by atoms with E-state index in [1.54, 1.807) is 30.1 Å². The highest BCUT2D eigenvalue weighted by atomic mass is 35.5. The lowest BCUT2D eigenvalue weighted by atomic mass is 9.84. The van der Waals surface area contributed by atoms with Crippen molar-refractivity contribution < 1.29 is 31.2 Å². The molecule has 0 bridgehead atoms. The van der Waals surface area contributed by atoms with Crippen LogP contribution < -0.4 is 0 Å². The molecule has 2 aliphatic rings. The van der Waals surface area contributed by atoms with E-state index in [0.29, 0.717) is 42.0 Å². The van der Waals surface area contributed by atoms with Gasteiger partial charge in [0.2, 0.25) is 15.9 Å². The molecule has 14 heteroatoms. The number of hydrogen-bond acceptors (Lipinski definition) is 5. The lowest BCUT2D eigenvalue weighted by Crippen LogP contribution is -2.53. The van der Waals surface area contributed by atoms with Gasteiger partial charge in [0, 0.05) is 57.3 Å². The lowest BCUT2D eigenvalue weighted by molar-refractivity contribution is -0.139. The van der Waals surface area contributed by atoms with Gasteiger partial charge in [-0.25, -0.2) is 12.7 Å². The van der Waals surface area contributed by atoms with Gasteiger partial charge in [-0.15, -0.1) is 0 Å². The fourth-order valence-corrected chi connectivity index (χ4v) is 6.57. The number of pyridine rings is 1. The minimum Gasteiger partial charge on any atom is -0.342 e. The molecule has 2 aliphatic heterocycles. The molecule has 0 N–H and O–H groups in total. The maximum atomic E-state index is 13.5. The van der Waals surface area contributed by atoms with E-state index < -0.39 is 33.7 Å². The number of hydrogen-bond donors (Lipinski definition) is 0. The number of sulfonamides is 1. The molecular weight excluding hydrogens is 592 g/mol. The maximum Gasteiger partial charge on any atom is 0.417 e. The van der Waals surface area contributed by atoms with Gasteiger partial charge < -0.3 is 9.80 Å². The van der Waals surface area contributed by atoms with Crippen LogP contribution in [0.25, 0.3) is 0 Å². The summed E-state index contributed by atoms with van der Waals surface area (Å²) < 4.78 is 64.0. The molecule has 8 nitrogen and oxygen atoms in total. The number of aromatic nitrogens is 1. The number of benzene rings is 1. The average Bonchev–Trinajstić information content (AvgIpc) is 2.92. The number of likely N-dealkylation sites (N-methyl/N-ethyl adjacent to an activating group) is 1. The number of amides is 2. The summed E-state index contributed by atoms with van der Waals surface area (Å²) in [5.74, 6) is -1.31. The summed E-state index contributed by atoms with van der Waals surface area (Å²) in [6.07, 6.45) is -1.54. The van der Waals surface area contributed by atoms with Crippen molar-refractivity contribution >= 4 is 45.0 Å². The minimum absolute atomic E-state index is 0.0740. The Labute approximate surface area is 241 Å². The van der Waals surface area contributed by atoms with Crippen LogP contribution in [0.4, 0.5) is 13.2 Å². The first kappa shape index (κ1) is 30.5. The van der Waals surface area contributed by atoms with Gasteiger partial charge in [-0.2, -0.15) is 13.2 Å². The molecule has 3 heterocycles. The van der Waals surface area contributed by atoms with Crippen LogP contribution in [-0.4, -0.2) is 84.8 Å². The number of alkyl halides is 3. The Morgan fingerprint density at radius 1 is 1.02 bits per heavy atom. The summed E-state index contributed by atoms with van der Waals surface area (Å²) in [5.41, 5.74) is -0.321. The first-order valence-corrected chi connectivity index (χ1v) is 15.3. The third kappa shape index (κ3) is 6.72. The van der Waals surface area contributed by atoms with Crippen LogP contribution in [0.3, 0.4) is 0 Å². The summed E-state index contributed by atoms with van der Waals surface area (Å²) in [7, 11) is -1.76. The number of rotatable bonds is 5. The van der Waals surface area contributed by atoms with Gasteiger partial charge in [-0.1, -0.05) is 29.3 Å². The molecule has 2 aromatic rings. The van der Waals surface area contributed by atoms with Crippen LogP contribution in [0, 0.1) is 5.92 Å². The van der Waals surface area contributed by atoms with Crippen molar-refractivity contribution in [2.24, 2.45) is 5.92 Å². The summed E-state index contributed by atoms with van der Waals surface area (Å²) in [5, 5.41) is 0.662. The van der Waals surface area contributed by atoms with E-state index >= 15 is 0 Å². The average molecular weight is 622 g/mol. The predicted molar refractivity (Wildman–Crippen MR) is 145 cm³/mol. The Balaban J connectivity index is 1.55. The molecule has 2 amide bonds. The Morgan fingerprint density at radius 2 is 1.70 bits per heavy atom. The molecule has 4 rings (SSSR count). The van der Waals surface area contributed by atoms with Gasteiger partial charge in [0.15, 0.2) is 0 Å². The predicted octanol–water partition coefficient (Wildman–Crippen LogP) is 4.54. The van der Waals surface area contributed by atoms with E-state index in [4.69, 9.17) is 23.2 Å². The summed E-state index contributed by atoms with van der Waals surface area (Å²) >= 11 is 12.4. The van der Waals surface area contributed by atoms with Gasteiger partial charge in [0.05, 0.1) is 21.9 Å². The Morgan fingerprint density at radius 3 is 2.25 bits per heavy atom. The molecule has 0 spiro atoms. The quantitative estimate of drug-likeness (QED) is 0.490. The molecule has 1 aromatic carbocycles. The van der Waals surface area contributed by atoms with Gasteiger partial charge in [0.25, 0.3) is 5.91 Å². The Bertz CT molecular complexity index is 1370. The number of carbonyl (C=O) groups excluding carboxylic acids is 2. The normalized spacial score (nSPS) is 21.3. The zero-order valence-corrected chi connectivity index (χ0v) is 24.2. The van der Waals surface area contributed by atoms with Crippen LogP contribution in [0.2, 0.25) is 10.0 Å². The standard InChI is InChI=1S/C26H29Cl2F3N4O4S/c1-33(25(37)22-6-4-18(14-32-22)26(29,30)31)23-9-10-34(15-19(23)17-3-5-20(27)21(28)13-17)24(36)16-7-11-35(12-8-16)40(2,38)39/h3-6,13-14,16,19,23H,7-12,15H2,1-2H3/t19-,23+/m0/s1. The van der Waals surface area contributed by atoms with Crippen molar-refractivity contribution in [3.8, 4) is 0 Å². The number of halogens is 5. The van der Waals surface area contributed by atoms with E-state index in [-0.39, 0.29) is 43.1 Å². The molecule has 0 unspecified atom stereocenters. The fraction of sp³-hybridized carbons (Fsp3) is 0.500. The van der Waals surface area contributed by atoms with E-state index in [2.05, 4.69) is 4.98 Å². The summed E-state index contributed by atoms with van der Waals surface area (Å²) in [6.45, 7) is 1.18. The smallest absolute Gasteiger partial charge is 0.342 e. The highest BCUT2D eigenvalue weighted by molar-refractivity contribution is 7.88. The monoisotopic (exact) mass is 620 g/mol. The van der Waals surface area contributed by atoms with Crippen LogP contribution in [-0.2, 0) is 21.0 Å². The second-order valence-electron chi connectivity index (χ2n) is 10.2. The van der Waals surface area contributed by atoms with Crippen LogP contribution >= 0.6 is 23.2 Å². The van der Waals surface area contributed by atoms with Crippen LogP contribution in [0.15, 0.2) is 36.5 Å². The van der Waals surface area contributed by atoms with Gasteiger partial charge in [0.1, 0.15) is 5.69 Å². The SMILES string of the molecule is CN(C(=O)c1ccc(C(F)(F)F)cn1)[C@@H]1CCN(C(=O)C2CCN(S(C)(=O)=O)CC2)C[C@H]1c1ccc(Cl)c(Cl)c1. The highest BCUT2D eigenvalue weighted by Crippen LogP contribution is 2.36. The molecule has 2 atom stereocenters. The molecule has 1 aromatic heterocycles. The first-order valence-electron chi connectivity index (χ1n) is 12.7. The van der Waals surface area contributed by atoms with E-state index in [1.807, 2.05) is 0 Å². The number of likely N-dealkylation sites (tertiary alicyclic amines) is 1. The second kappa shape index (κ2) is 11.8. The van der Waals surface area contributed by atoms with Gasteiger partial charge in [-0.3, -0.25) is 14.6 Å². The number of nitrogens with zero attached hydrogens (tertiary/aromatic N) is 4. The third-order valence-electron chi connectivity index (χ3n) is 7.66. The highest BCUT2D eigenvalue weighted by Gasteiger charge is 2.40. The molecule has 2 fully saturated rings. The van der Waals surface area contributed by atoms with Gasteiger partial charge in [-0.05, 0) is 49.1 Å². The van der Waals surface area contributed by atoms with Crippen LogP contribution in [0.5, 0.6) is 0 Å². The first-order chi connectivity index (χ1) is 18.7. The van der Waals surface area contributed by atoms with E-state index in [9.17, 15) is 31.2 Å². The molecular formula is C26H29Cl2F3N4O4S. The zero-order valence-electron chi connectivity index (χ0n) is 21.9. The van der Waals surface area contributed by atoms with Crippen molar-refractivity contribution in [1.29, 1.82) is 0 Å².